The molecule has 0 amide bonds. The molecule has 10 heavy (non-hydrogen) atoms. The molecule has 0 aliphatic rings. The van der Waals surface area contributed by atoms with Gasteiger partial charge in [0.1, 0.15) is 5.62 Å². The van der Waals surface area contributed by atoms with Gasteiger partial charge in [-0.15, -0.1) is 0 Å². The normalized spacial score (nSPS) is 10.8. The minimum absolute atomic E-state index is 0. The average Bonchev–Trinajstić information content (AvgIpc) is 1.88. The van der Waals surface area contributed by atoms with E-state index in [2.05, 4.69) is 26.3 Å². The molecule has 4 nitrogen and oxygen atoms in total. The number of hydrogen-bond donors (Lipinski definition) is 1. The first-order chi connectivity index (χ1) is 4.33. The Morgan fingerprint density at radius 1 is 1.50 bits per heavy atom. The molecule has 0 spiro atoms. The third-order valence-corrected chi connectivity index (χ3v) is 0.878. The fourth-order valence-corrected chi connectivity index (χ4v) is 0.471. The molecular formula is C5H7N4W-. The Morgan fingerprint density at radius 3 is 2.60 bits per heavy atom. The van der Waals surface area contributed by atoms with Crippen molar-refractivity contribution in [1.29, 1.82) is 0 Å². The minimum Gasteiger partial charge on any atom is -0.419 e. The predicted molar refractivity (Wildman–Crippen MR) is 31.4 cm³/mol. The van der Waals surface area contributed by atoms with Gasteiger partial charge in [-0.3, -0.25) is 0 Å². The van der Waals surface area contributed by atoms with Crippen LogP contribution in [0.4, 0.5) is 0 Å². The molecule has 0 aliphatic carbocycles. The Labute approximate surface area is 73.1 Å². The van der Waals surface area contributed by atoms with E-state index in [1.165, 1.54) is 0 Å². The summed E-state index contributed by atoms with van der Waals surface area (Å²) >= 11 is 0. The molecule has 1 aromatic rings. The van der Waals surface area contributed by atoms with Crippen molar-refractivity contribution in [3.05, 3.63) is 17.8 Å². The third-order valence-electron chi connectivity index (χ3n) is 0.878. The summed E-state index contributed by atoms with van der Waals surface area (Å²) in [6, 6.07) is 0. The Morgan fingerprint density at radius 2 is 2.20 bits per heavy atom. The quantitative estimate of drug-likeness (QED) is 0.654. The first kappa shape index (κ1) is 9.50. The molecule has 0 aliphatic heterocycles. The van der Waals surface area contributed by atoms with Crippen molar-refractivity contribution >= 4 is 0 Å². The van der Waals surface area contributed by atoms with Crippen LogP contribution >= 0.6 is 0 Å². The molecule has 0 saturated carbocycles. The van der Waals surface area contributed by atoms with E-state index < -0.39 is 0 Å². The Kier molecular flexibility index (Phi) is 4.12. The fourth-order valence-electron chi connectivity index (χ4n) is 0.471. The van der Waals surface area contributed by atoms with Crippen LogP contribution in [-0.2, 0) is 21.1 Å². The van der Waals surface area contributed by atoms with E-state index in [0.29, 0.717) is 5.62 Å². The summed E-state index contributed by atoms with van der Waals surface area (Å²) in [5, 5.41) is 0. The summed E-state index contributed by atoms with van der Waals surface area (Å²) in [7, 11) is 1.66. The van der Waals surface area contributed by atoms with E-state index in [4.69, 9.17) is 0 Å². The second-order valence-electron chi connectivity index (χ2n) is 1.58. The van der Waals surface area contributed by atoms with E-state index in [9.17, 15) is 0 Å². The second-order valence-corrected chi connectivity index (χ2v) is 1.58. The molecule has 0 unspecified atom stereocenters. The van der Waals surface area contributed by atoms with Crippen molar-refractivity contribution < 1.29 is 21.1 Å². The van der Waals surface area contributed by atoms with Gasteiger partial charge in [0.05, 0.1) is 0 Å². The van der Waals surface area contributed by atoms with Crippen molar-refractivity contribution in [1.82, 2.24) is 15.0 Å². The van der Waals surface area contributed by atoms with Crippen LogP contribution in [-0.4, -0.2) is 22.0 Å². The molecule has 0 bridgehead atoms. The molecule has 0 aromatic carbocycles. The number of hydrogen-bond acceptors (Lipinski definition) is 3. The Bertz CT molecular complexity index is 254. The Balaban J connectivity index is 0.000000810. The topological polar surface area (TPSA) is 53.9 Å². The maximum atomic E-state index is 3.79. The van der Waals surface area contributed by atoms with Crippen molar-refractivity contribution in [2.45, 2.75) is 6.92 Å². The predicted octanol–water partition coefficient (Wildman–Crippen LogP) is -0.559. The van der Waals surface area contributed by atoms with Crippen molar-refractivity contribution in [2.75, 3.05) is 7.05 Å². The summed E-state index contributed by atoms with van der Waals surface area (Å²) in [6.45, 7) is 1.83. The molecule has 1 heterocycles. The van der Waals surface area contributed by atoms with Crippen LogP contribution in [0, 0.1) is 13.3 Å². The molecule has 1 aromatic heterocycles. The number of H-pyrrole nitrogens is 1. The van der Waals surface area contributed by atoms with Gasteiger partial charge in [-0.05, 0) is 5.82 Å². The maximum Gasteiger partial charge on any atom is 0.109 e. The zero-order valence-electron chi connectivity index (χ0n) is 5.75. The molecule has 0 fully saturated rings. The van der Waals surface area contributed by atoms with Gasteiger partial charge in [0.15, 0.2) is 0 Å². The first-order valence-electron chi connectivity index (χ1n) is 2.57. The van der Waals surface area contributed by atoms with E-state index in [0.717, 1.165) is 5.82 Å². The monoisotopic (exact) mass is 307 g/mol. The van der Waals surface area contributed by atoms with Gasteiger partial charge in [-0.25, -0.2) is 0 Å². The van der Waals surface area contributed by atoms with Crippen LogP contribution in [0.15, 0.2) is 4.99 Å². The van der Waals surface area contributed by atoms with Crippen LogP contribution in [0.3, 0.4) is 0 Å². The van der Waals surface area contributed by atoms with Gasteiger partial charge >= 0.3 is 0 Å². The number of aromatic nitrogens is 3. The summed E-state index contributed by atoms with van der Waals surface area (Å²) in [5.41, 5.74) is 0.558. The standard InChI is InChI=1S/C5H7N4.W/c1-4-7-3-8-5(6-2)9-4;/h1-2H3,(H,6,7,8,9);/q-1;. The number of nitrogens with zero attached hydrogens (tertiary/aromatic N) is 3. The molecule has 0 atom stereocenters. The average molecular weight is 307 g/mol. The summed E-state index contributed by atoms with van der Waals surface area (Å²) < 4.78 is 0. The maximum absolute atomic E-state index is 3.79. The number of aromatic amines is 1. The van der Waals surface area contributed by atoms with Crippen LogP contribution < -0.4 is 5.62 Å². The van der Waals surface area contributed by atoms with Crippen molar-refractivity contribution in [2.24, 2.45) is 4.99 Å². The van der Waals surface area contributed by atoms with Gasteiger partial charge in [-0.2, -0.15) is 0 Å². The second kappa shape index (κ2) is 4.34. The third kappa shape index (κ3) is 2.39. The van der Waals surface area contributed by atoms with Crippen LogP contribution in [0.2, 0.25) is 0 Å². The minimum atomic E-state index is 0. The van der Waals surface area contributed by atoms with E-state index in [-0.39, 0.29) is 21.1 Å². The van der Waals surface area contributed by atoms with E-state index >= 15 is 0 Å². The Hall–Kier alpha value is -0.502. The van der Waals surface area contributed by atoms with Gasteiger partial charge in [-0.1, -0.05) is 6.92 Å². The van der Waals surface area contributed by atoms with E-state index in [1.807, 2.05) is 6.92 Å². The fraction of sp³-hybridized carbons (Fsp3) is 0.400. The van der Waals surface area contributed by atoms with Crippen molar-refractivity contribution in [3.8, 4) is 0 Å². The van der Waals surface area contributed by atoms with Crippen LogP contribution in [0.1, 0.15) is 5.82 Å². The van der Waals surface area contributed by atoms with Gasteiger partial charge in [0.25, 0.3) is 0 Å². The first-order valence-corrected chi connectivity index (χ1v) is 2.57. The molecule has 54 valence electrons. The van der Waals surface area contributed by atoms with E-state index in [1.54, 1.807) is 7.05 Å². The summed E-state index contributed by atoms with van der Waals surface area (Å²) in [6.07, 6.45) is 2.46. The molecule has 1 rings (SSSR count). The number of aryl methyl sites for hydroxylation is 1. The number of nitrogens with one attached hydrogen (secondary N) is 1. The summed E-state index contributed by atoms with van der Waals surface area (Å²) in [5.74, 6) is 0.769. The SMILES string of the molecule is CN=c1n[c-]nc(C)[nH]1.[W]. The van der Waals surface area contributed by atoms with Gasteiger partial charge < -0.3 is 19.9 Å². The van der Waals surface area contributed by atoms with Crippen LogP contribution in [0.25, 0.3) is 0 Å². The molecular weight excluding hydrogens is 300 g/mol. The van der Waals surface area contributed by atoms with Gasteiger partial charge in [0, 0.05) is 34.4 Å². The largest absolute Gasteiger partial charge is 0.419 e. The zero-order valence-corrected chi connectivity index (χ0v) is 8.68. The molecule has 0 saturated heterocycles. The zero-order chi connectivity index (χ0) is 6.69. The smallest absolute Gasteiger partial charge is 0.109 e. The van der Waals surface area contributed by atoms with Crippen molar-refractivity contribution in [3.63, 3.8) is 0 Å². The van der Waals surface area contributed by atoms with Crippen LogP contribution in [0.5, 0.6) is 0 Å². The van der Waals surface area contributed by atoms with Gasteiger partial charge in [0.2, 0.25) is 0 Å². The summed E-state index contributed by atoms with van der Waals surface area (Å²) in [4.78, 5) is 14.1. The molecule has 5 heteroatoms. The molecule has 1 N–H and O–H groups in total. The number of rotatable bonds is 0. The molecule has 0 radical (unpaired) electrons.